The summed E-state index contributed by atoms with van der Waals surface area (Å²) >= 11 is 1.51. The van der Waals surface area contributed by atoms with Crippen LogP contribution in [0.2, 0.25) is 0 Å². The van der Waals surface area contributed by atoms with Crippen molar-refractivity contribution in [2.45, 2.75) is 59.4 Å². The van der Waals surface area contributed by atoms with E-state index in [1.165, 1.54) is 11.3 Å². The minimum Gasteiger partial charge on any atom is -0.381 e. The van der Waals surface area contributed by atoms with E-state index in [0.29, 0.717) is 5.92 Å². The molecule has 0 spiro atoms. The van der Waals surface area contributed by atoms with Gasteiger partial charge in [0.15, 0.2) is 0 Å². The first kappa shape index (κ1) is 21.1. The molecule has 0 saturated carbocycles. The standard InChI is InChI=1S/C22H33N3O2S/c1-6-24(7-2)20(26)19-12-17(15-28-19)18-14-25(21(23-18)22(3,4)5)13-16-8-10-27-11-9-16/h12,14-16H,6-11,13H2,1-5H3. The fourth-order valence-electron chi connectivity index (χ4n) is 3.75. The summed E-state index contributed by atoms with van der Waals surface area (Å²) < 4.78 is 7.84. The molecule has 0 aliphatic carbocycles. The van der Waals surface area contributed by atoms with Crippen molar-refractivity contribution < 1.29 is 9.53 Å². The summed E-state index contributed by atoms with van der Waals surface area (Å²) in [6.45, 7) is 14.8. The normalized spacial score (nSPS) is 15.8. The number of nitrogens with zero attached hydrogens (tertiary/aromatic N) is 3. The summed E-state index contributed by atoms with van der Waals surface area (Å²) in [4.78, 5) is 20.3. The van der Waals surface area contributed by atoms with E-state index in [-0.39, 0.29) is 11.3 Å². The van der Waals surface area contributed by atoms with Gasteiger partial charge in [-0.2, -0.15) is 0 Å². The lowest BCUT2D eigenvalue weighted by atomic mass is 9.94. The molecule has 3 heterocycles. The van der Waals surface area contributed by atoms with E-state index in [4.69, 9.17) is 9.72 Å². The Morgan fingerprint density at radius 2 is 1.96 bits per heavy atom. The maximum absolute atomic E-state index is 12.6. The highest BCUT2D eigenvalue weighted by Gasteiger charge is 2.25. The molecule has 5 nitrogen and oxygen atoms in total. The Labute approximate surface area is 172 Å². The summed E-state index contributed by atoms with van der Waals surface area (Å²) in [5.41, 5.74) is 1.97. The highest BCUT2D eigenvalue weighted by atomic mass is 32.1. The van der Waals surface area contributed by atoms with Crippen molar-refractivity contribution >= 4 is 17.2 Å². The number of hydrogen-bond donors (Lipinski definition) is 0. The second-order valence-electron chi connectivity index (χ2n) is 8.58. The number of thiophene rings is 1. The van der Waals surface area contributed by atoms with Crippen LogP contribution in [0.5, 0.6) is 0 Å². The second kappa shape index (κ2) is 8.78. The predicted molar refractivity (Wildman–Crippen MR) is 115 cm³/mol. The van der Waals surface area contributed by atoms with Crippen LogP contribution in [0.15, 0.2) is 17.6 Å². The van der Waals surface area contributed by atoms with Gasteiger partial charge in [-0.3, -0.25) is 4.79 Å². The zero-order valence-corrected chi connectivity index (χ0v) is 18.6. The van der Waals surface area contributed by atoms with Crippen LogP contribution in [0.1, 0.15) is 63.0 Å². The fourth-order valence-corrected chi connectivity index (χ4v) is 4.62. The Morgan fingerprint density at radius 3 is 2.57 bits per heavy atom. The molecule has 154 valence electrons. The molecule has 1 aliphatic heterocycles. The number of aromatic nitrogens is 2. The topological polar surface area (TPSA) is 47.4 Å². The maximum atomic E-state index is 12.6. The molecule has 0 N–H and O–H groups in total. The first-order chi connectivity index (χ1) is 13.3. The molecule has 0 atom stereocenters. The van der Waals surface area contributed by atoms with Gasteiger partial charge in [-0.1, -0.05) is 20.8 Å². The Kier molecular flexibility index (Phi) is 6.61. The van der Waals surface area contributed by atoms with Crippen LogP contribution in [0, 0.1) is 5.92 Å². The Bertz CT molecular complexity index is 793. The van der Waals surface area contributed by atoms with Crippen molar-refractivity contribution in [2.24, 2.45) is 5.92 Å². The molecular formula is C22H33N3O2S. The summed E-state index contributed by atoms with van der Waals surface area (Å²) in [7, 11) is 0. The lowest BCUT2D eigenvalue weighted by molar-refractivity contribution is 0.0607. The van der Waals surface area contributed by atoms with Crippen molar-refractivity contribution in [1.29, 1.82) is 0 Å². The Hall–Kier alpha value is -1.66. The third-order valence-corrected chi connectivity index (χ3v) is 6.32. The number of ether oxygens (including phenoxy) is 1. The largest absolute Gasteiger partial charge is 0.381 e. The lowest BCUT2D eigenvalue weighted by Crippen LogP contribution is -2.29. The molecule has 0 aromatic carbocycles. The van der Waals surface area contributed by atoms with Gasteiger partial charge in [0.2, 0.25) is 0 Å². The van der Waals surface area contributed by atoms with Gasteiger partial charge in [-0.05, 0) is 38.7 Å². The highest BCUT2D eigenvalue weighted by molar-refractivity contribution is 7.12. The first-order valence-corrected chi connectivity index (χ1v) is 11.2. The van der Waals surface area contributed by atoms with Gasteiger partial charge in [-0.15, -0.1) is 11.3 Å². The fraction of sp³-hybridized carbons (Fsp3) is 0.636. The Morgan fingerprint density at radius 1 is 1.29 bits per heavy atom. The lowest BCUT2D eigenvalue weighted by Gasteiger charge is -2.25. The summed E-state index contributed by atoms with van der Waals surface area (Å²) in [5, 5.41) is 2.06. The van der Waals surface area contributed by atoms with E-state index in [1.807, 2.05) is 24.8 Å². The van der Waals surface area contributed by atoms with Crippen molar-refractivity contribution in [3.8, 4) is 11.3 Å². The quantitative estimate of drug-likeness (QED) is 0.695. The van der Waals surface area contributed by atoms with E-state index in [0.717, 1.165) is 67.6 Å². The number of carbonyl (C=O) groups excluding carboxylic acids is 1. The monoisotopic (exact) mass is 403 g/mol. The van der Waals surface area contributed by atoms with Gasteiger partial charge in [0, 0.05) is 55.4 Å². The third kappa shape index (κ3) is 4.66. The summed E-state index contributed by atoms with van der Waals surface area (Å²) in [6, 6.07) is 2.00. The van der Waals surface area contributed by atoms with Crippen molar-refractivity contribution in [3.05, 3.63) is 28.3 Å². The maximum Gasteiger partial charge on any atom is 0.263 e. The van der Waals surface area contributed by atoms with Crippen LogP contribution < -0.4 is 0 Å². The van der Waals surface area contributed by atoms with Crippen LogP contribution >= 0.6 is 11.3 Å². The van der Waals surface area contributed by atoms with E-state index in [2.05, 4.69) is 36.9 Å². The van der Waals surface area contributed by atoms with Gasteiger partial charge >= 0.3 is 0 Å². The molecule has 1 fully saturated rings. The predicted octanol–water partition coefficient (Wildman–Crippen LogP) is 4.82. The van der Waals surface area contributed by atoms with E-state index in [1.54, 1.807) is 0 Å². The molecule has 2 aromatic heterocycles. The molecular weight excluding hydrogens is 370 g/mol. The van der Waals surface area contributed by atoms with Crippen molar-refractivity contribution in [2.75, 3.05) is 26.3 Å². The highest BCUT2D eigenvalue weighted by Crippen LogP contribution is 2.31. The Balaban J connectivity index is 1.87. The third-order valence-electron chi connectivity index (χ3n) is 5.40. The van der Waals surface area contributed by atoms with Gasteiger partial charge in [-0.25, -0.2) is 4.98 Å². The number of amides is 1. The molecule has 0 unspecified atom stereocenters. The van der Waals surface area contributed by atoms with Gasteiger partial charge in [0.25, 0.3) is 5.91 Å². The smallest absolute Gasteiger partial charge is 0.263 e. The van der Waals surface area contributed by atoms with Crippen molar-refractivity contribution in [1.82, 2.24) is 14.5 Å². The minimum atomic E-state index is -0.0285. The number of rotatable bonds is 6. The molecule has 1 saturated heterocycles. The molecule has 0 bridgehead atoms. The van der Waals surface area contributed by atoms with Gasteiger partial charge in [0.05, 0.1) is 10.6 Å². The number of imidazole rings is 1. The van der Waals surface area contributed by atoms with Crippen LogP contribution in [0.25, 0.3) is 11.3 Å². The second-order valence-corrected chi connectivity index (χ2v) is 9.50. The van der Waals surface area contributed by atoms with Crippen LogP contribution in [-0.2, 0) is 16.7 Å². The molecule has 1 amide bonds. The van der Waals surface area contributed by atoms with Gasteiger partial charge in [0.1, 0.15) is 5.82 Å². The molecule has 0 radical (unpaired) electrons. The summed E-state index contributed by atoms with van der Waals surface area (Å²) in [6.07, 6.45) is 4.39. The molecule has 28 heavy (non-hydrogen) atoms. The first-order valence-electron chi connectivity index (χ1n) is 10.4. The molecule has 2 aromatic rings. The van der Waals surface area contributed by atoms with Gasteiger partial charge < -0.3 is 14.2 Å². The zero-order valence-electron chi connectivity index (χ0n) is 17.8. The number of hydrogen-bond acceptors (Lipinski definition) is 4. The van der Waals surface area contributed by atoms with Crippen molar-refractivity contribution in [3.63, 3.8) is 0 Å². The van der Waals surface area contributed by atoms with Crippen LogP contribution in [0.4, 0.5) is 0 Å². The van der Waals surface area contributed by atoms with E-state index >= 15 is 0 Å². The average molecular weight is 404 g/mol. The van der Waals surface area contributed by atoms with Crippen LogP contribution in [-0.4, -0.2) is 46.7 Å². The minimum absolute atomic E-state index is 0.0285. The number of carbonyl (C=O) groups is 1. The molecule has 3 rings (SSSR count). The van der Waals surface area contributed by atoms with E-state index < -0.39 is 0 Å². The zero-order chi connectivity index (χ0) is 20.3. The van der Waals surface area contributed by atoms with E-state index in [9.17, 15) is 4.79 Å². The average Bonchev–Trinajstić information content (AvgIpc) is 3.30. The SMILES string of the molecule is CCN(CC)C(=O)c1cc(-c2cn(CC3CCOCC3)c(C(C)(C)C)n2)cs1. The molecule has 1 aliphatic rings. The molecule has 6 heteroatoms. The summed E-state index contributed by atoms with van der Waals surface area (Å²) in [5.74, 6) is 1.86. The van der Waals surface area contributed by atoms with Crippen LogP contribution in [0.3, 0.4) is 0 Å².